The maximum atomic E-state index is 11.4. The molecule has 1 rings (SSSR count). The van der Waals surface area contributed by atoms with Crippen LogP contribution in [-0.4, -0.2) is 50.0 Å². The number of amides is 1. The van der Waals surface area contributed by atoms with E-state index < -0.39 is 31.3 Å². The first kappa shape index (κ1) is 12.1. The molecule has 0 spiro atoms. The maximum Gasteiger partial charge on any atom is 0.344 e. The molecule has 0 aromatic rings. The molecule has 0 aromatic heterocycles. The van der Waals surface area contributed by atoms with Gasteiger partial charge in [-0.25, -0.2) is 4.79 Å². The Morgan fingerprint density at radius 2 is 2.13 bits per heavy atom. The monoisotopic (exact) mass is 238 g/mol. The van der Waals surface area contributed by atoms with Crippen LogP contribution in [0.3, 0.4) is 0 Å². The molecule has 0 radical (unpaired) electrons. The van der Waals surface area contributed by atoms with E-state index in [2.05, 4.69) is 0 Å². The van der Waals surface area contributed by atoms with E-state index in [1.165, 1.54) is 0 Å². The molecule has 1 aliphatic heterocycles. The van der Waals surface area contributed by atoms with Gasteiger partial charge >= 0.3 is 13.6 Å². The van der Waals surface area contributed by atoms with Crippen molar-refractivity contribution in [3.63, 3.8) is 0 Å². The summed E-state index contributed by atoms with van der Waals surface area (Å²) in [5, 5.41) is 8.69. The zero-order valence-corrected chi connectivity index (χ0v) is 8.55. The topological polar surface area (TPSA) is 141 Å². The van der Waals surface area contributed by atoms with Crippen LogP contribution in [0, 0.1) is 0 Å². The Morgan fingerprint density at radius 1 is 1.60 bits per heavy atom. The van der Waals surface area contributed by atoms with Gasteiger partial charge in [-0.3, -0.25) is 9.36 Å². The second kappa shape index (κ2) is 3.57. The highest BCUT2D eigenvalue weighted by Crippen LogP contribution is 2.37. The number of carbonyl (C=O) groups is 2. The lowest BCUT2D eigenvalue weighted by Crippen LogP contribution is -2.54. The molecule has 1 fully saturated rings. The van der Waals surface area contributed by atoms with Crippen LogP contribution >= 0.6 is 7.60 Å². The van der Waals surface area contributed by atoms with E-state index in [1.807, 2.05) is 0 Å². The van der Waals surface area contributed by atoms with Gasteiger partial charge in [0.2, 0.25) is 0 Å². The average Bonchev–Trinajstić information content (AvgIpc) is 2.31. The van der Waals surface area contributed by atoms with Crippen molar-refractivity contribution >= 4 is 19.5 Å². The Kier molecular flexibility index (Phi) is 2.88. The summed E-state index contributed by atoms with van der Waals surface area (Å²) in [5.41, 5.74) is 3.26. The molecule has 0 aliphatic carbocycles. The number of carboxylic acid groups (broad SMARTS) is 1. The predicted molar refractivity (Wildman–Crippen MR) is 47.8 cm³/mol. The van der Waals surface area contributed by atoms with Gasteiger partial charge in [-0.2, -0.15) is 0 Å². The molecule has 0 bridgehead atoms. The van der Waals surface area contributed by atoms with Gasteiger partial charge in [0.25, 0.3) is 5.91 Å². The van der Waals surface area contributed by atoms with Crippen molar-refractivity contribution in [3.05, 3.63) is 0 Å². The van der Waals surface area contributed by atoms with Gasteiger partial charge in [0.15, 0.2) is 5.54 Å². The fourth-order valence-electron chi connectivity index (χ4n) is 1.36. The van der Waals surface area contributed by atoms with Gasteiger partial charge < -0.3 is 25.5 Å². The summed E-state index contributed by atoms with van der Waals surface area (Å²) in [5.74, 6) is -2.45. The number of rotatable bonds is 3. The van der Waals surface area contributed by atoms with Crippen LogP contribution in [0.25, 0.3) is 0 Å². The van der Waals surface area contributed by atoms with Crippen molar-refractivity contribution < 1.29 is 29.0 Å². The minimum absolute atomic E-state index is 0.0628. The van der Waals surface area contributed by atoms with Crippen molar-refractivity contribution in [3.8, 4) is 0 Å². The Labute approximate surface area is 84.8 Å². The number of hydrogen-bond acceptors (Lipinski definition) is 4. The van der Waals surface area contributed by atoms with Crippen LogP contribution in [0.15, 0.2) is 0 Å². The predicted octanol–water partition coefficient (Wildman–Crippen LogP) is -1.86. The van der Waals surface area contributed by atoms with Gasteiger partial charge in [-0.15, -0.1) is 0 Å². The highest BCUT2D eigenvalue weighted by Gasteiger charge is 2.50. The molecule has 1 amide bonds. The molecule has 9 heteroatoms. The number of carboxylic acids is 1. The molecular weight excluding hydrogens is 227 g/mol. The minimum Gasteiger partial charge on any atom is -0.479 e. The van der Waals surface area contributed by atoms with Crippen molar-refractivity contribution in [2.24, 2.45) is 5.73 Å². The zero-order chi connectivity index (χ0) is 11.9. The second-order valence-corrected chi connectivity index (χ2v) is 5.01. The summed E-state index contributed by atoms with van der Waals surface area (Å²) in [7, 11) is -4.38. The standard InChI is InChI=1S/C6H11N2O6P/c7-6(5(10)11)1-2-8(4(6)9)3-15(12,13)14/h1-3,7H2,(H,10,11)(H2,12,13,14). The van der Waals surface area contributed by atoms with Gasteiger partial charge in [-0.1, -0.05) is 0 Å². The molecule has 0 aromatic carbocycles. The maximum absolute atomic E-state index is 11.4. The van der Waals surface area contributed by atoms with Crippen LogP contribution < -0.4 is 5.73 Å². The van der Waals surface area contributed by atoms with E-state index in [9.17, 15) is 14.2 Å². The SMILES string of the molecule is NC1(C(=O)O)CCN(CP(=O)(O)O)C1=O. The molecule has 1 unspecified atom stereocenters. The molecule has 8 nitrogen and oxygen atoms in total. The molecule has 5 N–H and O–H groups in total. The number of aliphatic carboxylic acids is 1. The molecule has 1 saturated heterocycles. The zero-order valence-electron chi connectivity index (χ0n) is 7.66. The van der Waals surface area contributed by atoms with Crippen LogP contribution in [-0.2, 0) is 14.2 Å². The summed E-state index contributed by atoms with van der Waals surface area (Å²) in [6.45, 7) is -0.0628. The van der Waals surface area contributed by atoms with E-state index in [-0.39, 0.29) is 13.0 Å². The van der Waals surface area contributed by atoms with Crippen LogP contribution in [0.1, 0.15) is 6.42 Å². The second-order valence-electron chi connectivity index (χ2n) is 3.40. The summed E-state index contributed by atoms with van der Waals surface area (Å²) in [4.78, 5) is 40.1. The van der Waals surface area contributed by atoms with Gasteiger partial charge in [0.1, 0.15) is 6.29 Å². The normalized spacial score (nSPS) is 27.1. The molecule has 1 atom stereocenters. The molecule has 1 heterocycles. The Bertz CT molecular complexity index is 352. The molecule has 1 aliphatic rings. The lowest BCUT2D eigenvalue weighted by molar-refractivity contribution is -0.149. The van der Waals surface area contributed by atoms with Crippen molar-refractivity contribution in [2.45, 2.75) is 12.0 Å². The Hall–Kier alpha value is -0.950. The first-order valence-corrected chi connectivity index (χ1v) is 5.83. The summed E-state index contributed by atoms with van der Waals surface area (Å²) in [6, 6.07) is 0. The molecule has 0 saturated carbocycles. The van der Waals surface area contributed by atoms with E-state index in [1.54, 1.807) is 0 Å². The first-order chi connectivity index (χ1) is 6.67. The summed E-state index contributed by atoms with van der Waals surface area (Å²) < 4.78 is 10.6. The number of likely N-dealkylation sites (tertiary alicyclic amines) is 1. The third-order valence-corrected chi connectivity index (χ3v) is 2.89. The van der Waals surface area contributed by atoms with Crippen LogP contribution in [0.5, 0.6) is 0 Å². The summed E-state index contributed by atoms with van der Waals surface area (Å²) in [6.07, 6.45) is -0.945. The van der Waals surface area contributed by atoms with E-state index in [0.717, 1.165) is 4.90 Å². The third-order valence-electron chi connectivity index (χ3n) is 2.18. The van der Waals surface area contributed by atoms with Gasteiger partial charge in [0.05, 0.1) is 0 Å². The Morgan fingerprint density at radius 3 is 2.47 bits per heavy atom. The fraction of sp³-hybridized carbons (Fsp3) is 0.667. The molecule has 86 valence electrons. The quantitative estimate of drug-likeness (QED) is 0.333. The van der Waals surface area contributed by atoms with Crippen molar-refractivity contribution in [2.75, 3.05) is 12.8 Å². The number of nitrogens with two attached hydrogens (primary N) is 1. The highest BCUT2D eigenvalue weighted by molar-refractivity contribution is 7.51. The van der Waals surface area contributed by atoms with E-state index in [4.69, 9.17) is 20.6 Å². The van der Waals surface area contributed by atoms with E-state index in [0.29, 0.717) is 0 Å². The van der Waals surface area contributed by atoms with Crippen LogP contribution in [0.4, 0.5) is 0 Å². The first-order valence-electron chi connectivity index (χ1n) is 4.03. The lowest BCUT2D eigenvalue weighted by atomic mass is 10.0. The van der Waals surface area contributed by atoms with Gasteiger partial charge in [-0.05, 0) is 0 Å². The van der Waals surface area contributed by atoms with Gasteiger partial charge in [0, 0.05) is 13.0 Å². The number of hydrogen-bond donors (Lipinski definition) is 4. The highest BCUT2D eigenvalue weighted by atomic mass is 31.2. The van der Waals surface area contributed by atoms with Crippen LogP contribution in [0.2, 0.25) is 0 Å². The molecular formula is C6H11N2O6P. The van der Waals surface area contributed by atoms with E-state index >= 15 is 0 Å². The average molecular weight is 238 g/mol. The molecule has 15 heavy (non-hydrogen) atoms. The fourth-order valence-corrected chi connectivity index (χ4v) is 2.07. The summed E-state index contributed by atoms with van der Waals surface area (Å²) >= 11 is 0. The lowest BCUT2D eigenvalue weighted by Gasteiger charge is -2.19. The van der Waals surface area contributed by atoms with Crippen molar-refractivity contribution in [1.29, 1.82) is 0 Å². The largest absolute Gasteiger partial charge is 0.479 e. The minimum atomic E-state index is -4.38. The Balaban J connectivity index is 2.82. The number of nitrogens with zero attached hydrogens (tertiary/aromatic N) is 1. The van der Waals surface area contributed by atoms with Crippen molar-refractivity contribution in [1.82, 2.24) is 4.90 Å². The number of carbonyl (C=O) groups excluding carboxylic acids is 1. The smallest absolute Gasteiger partial charge is 0.344 e. The third kappa shape index (κ3) is 2.35.